The van der Waals surface area contributed by atoms with Gasteiger partial charge >= 0.3 is 5.69 Å². The number of ether oxygens (including phenoxy) is 1. The van der Waals surface area contributed by atoms with Crippen LogP contribution < -0.4 is 16.0 Å². The number of fused-ring (bicyclic) bond motifs is 1. The Morgan fingerprint density at radius 2 is 1.93 bits per heavy atom. The molecule has 2 aromatic rings. The van der Waals surface area contributed by atoms with Gasteiger partial charge in [0.2, 0.25) is 0 Å². The van der Waals surface area contributed by atoms with Crippen molar-refractivity contribution in [2.75, 3.05) is 12.9 Å². The van der Waals surface area contributed by atoms with Crippen LogP contribution in [0.2, 0.25) is 0 Å². The van der Waals surface area contributed by atoms with Gasteiger partial charge in [-0.1, -0.05) is 39.0 Å². The molecule has 1 aliphatic rings. The van der Waals surface area contributed by atoms with Gasteiger partial charge < -0.3 is 4.74 Å². The first-order valence-corrected chi connectivity index (χ1v) is 10.7. The second kappa shape index (κ2) is 8.38. The Bertz CT molecular complexity index is 928. The molecule has 1 aromatic heterocycles. The van der Waals surface area contributed by atoms with Crippen molar-refractivity contribution in [3.05, 3.63) is 56.2 Å². The Morgan fingerprint density at radius 3 is 2.59 bits per heavy atom. The topological polar surface area (TPSA) is 53.2 Å². The van der Waals surface area contributed by atoms with Gasteiger partial charge in [-0.15, -0.1) is 11.8 Å². The van der Waals surface area contributed by atoms with Crippen LogP contribution in [0.3, 0.4) is 0 Å². The van der Waals surface area contributed by atoms with Gasteiger partial charge in [0.05, 0.1) is 17.7 Å². The number of para-hydroxylation sites is 1. The van der Waals surface area contributed by atoms with Crippen LogP contribution in [0, 0.1) is 0 Å². The van der Waals surface area contributed by atoms with E-state index in [2.05, 4.69) is 6.92 Å². The molecule has 0 amide bonds. The third-order valence-electron chi connectivity index (χ3n) is 5.43. The molecule has 2 heterocycles. The molecule has 1 atom stereocenters. The maximum atomic E-state index is 13.3. The Balaban J connectivity index is 2.08. The van der Waals surface area contributed by atoms with Crippen molar-refractivity contribution in [3.63, 3.8) is 0 Å². The maximum Gasteiger partial charge on any atom is 0.332 e. The average molecular weight is 389 g/mol. The van der Waals surface area contributed by atoms with E-state index in [-0.39, 0.29) is 23.2 Å². The lowest BCUT2D eigenvalue weighted by atomic mass is 10.1. The molecule has 0 fully saturated rings. The van der Waals surface area contributed by atoms with Crippen LogP contribution in [0.25, 0.3) is 0 Å². The van der Waals surface area contributed by atoms with E-state index in [1.807, 2.05) is 42.7 Å². The van der Waals surface area contributed by atoms with Crippen LogP contribution in [0.1, 0.15) is 56.7 Å². The lowest BCUT2D eigenvalue weighted by Gasteiger charge is -2.21. The monoisotopic (exact) mass is 388 g/mol. The smallest absolute Gasteiger partial charge is 0.332 e. The third kappa shape index (κ3) is 3.59. The van der Waals surface area contributed by atoms with Gasteiger partial charge in [0.25, 0.3) is 5.56 Å². The number of rotatable bonds is 7. The van der Waals surface area contributed by atoms with E-state index in [4.69, 9.17) is 4.74 Å². The SMILES string of the molecule is CCC(CC)n1c(=O)c2c(n(CCc3ccccc3OC)c1=O)SCC2C. The summed E-state index contributed by atoms with van der Waals surface area (Å²) in [5.41, 5.74) is 1.61. The van der Waals surface area contributed by atoms with Gasteiger partial charge in [0.15, 0.2) is 0 Å². The molecule has 0 saturated carbocycles. The largest absolute Gasteiger partial charge is 0.496 e. The minimum atomic E-state index is -0.177. The molecule has 1 aromatic carbocycles. The van der Waals surface area contributed by atoms with E-state index in [0.717, 1.165) is 40.5 Å². The van der Waals surface area contributed by atoms with E-state index in [1.165, 1.54) is 4.57 Å². The number of aromatic nitrogens is 2. The highest BCUT2D eigenvalue weighted by Gasteiger charge is 2.30. The van der Waals surface area contributed by atoms with Gasteiger partial charge in [-0.25, -0.2) is 4.79 Å². The van der Waals surface area contributed by atoms with Crippen molar-refractivity contribution in [3.8, 4) is 5.75 Å². The van der Waals surface area contributed by atoms with Crippen molar-refractivity contribution in [2.45, 2.75) is 63.6 Å². The number of aryl methyl sites for hydroxylation is 1. The molecule has 0 bridgehead atoms. The van der Waals surface area contributed by atoms with E-state index in [9.17, 15) is 9.59 Å². The van der Waals surface area contributed by atoms with Crippen LogP contribution in [0.4, 0.5) is 0 Å². The van der Waals surface area contributed by atoms with Gasteiger partial charge in [0.1, 0.15) is 5.75 Å². The number of hydrogen-bond acceptors (Lipinski definition) is 4. The van der Waals surface area contributed by atoms with Crippen molar-refractivity contribution in [1.82, 2.24) is 9.13 Å². The van der Waals surface area contributed by atoms with Crippen LogP contribution in [-0.4, -0.2) is 22.0 Å². The highest BCUT2D eigenvalue weighted by Crippen LogP contribution is 2.36. The fraction of sp³-hybridized carbons (Fsp3) is 0.524. The summed E-state index contributed by atoms with van der Waals surface area (Å²) in [4.78, 5) is 26.4. The maximum absolute atomic E-state index is 13.3. The minimum Gasteiger partial charge on any atom is -0.496 e. The molecule has 6 heteroatoms. The first-order valence-electron chi connectivity index (χ1n) is 9.67. The van der Waals surface area contributed by atoms with E-state index in [1.54, 1.807) is 18.9 Å². The molecule has 5 nitrogen and oxygen atoms in total. The van der Waals surface area contributed by atoms with Gasteiger partial charge in [-0.3, -0.25) is 13.9 Å². The summed E-state index contributed by atoms with van der Waals surface area (Å²) >= 11 is 1.63. The first kappa shape index (κ1) is 19.8. The summed E-state index contributed by atoms with van der Waals surface area (Å²) in [5.74, 6) is 1.86. The molecular weight excluding hydrogens is 360 g/mol. The highest BCUT2D eigenvalue weighted by atomic mass is 32.2. The Hall–Kier alpha value is -1.95. The van der Waals surface area contributed by atoms with Gasteiger partial charge in [-0.2, -0.15) is 0 Å². The molecule has 0 radical (unpaired) electrons. The molecule has 27 heavy (non-hydrogen) atoms. The average Bonchev–Trinajstić information content (AvgIpc) is 3.07. The molecule has 1 aliphatic heterocycles. The molecule has 0 N–H and O–H groups in total. The third-order valence-corrected chi connectivity index (χ3v) is 6.81. The zero-order chi connectivity index (χ0) is 19.6. The zero-order valence-corrected chi connectivity index (χ0v) is 17.3. The highest BCUT2D eigenvalue weighted by molar-refractivity contribution is 7.99. The van der Waals surface area contributed by atoms with Crippen molar-refractivity contribution < 1.29 is 4.74 Å². The fourth-order valence-electron chi connectivity index (χ4n) is 3.85. The number of hydrogen-bond donors (Lipinski definition) is 0. The summed E-state index contributed by atoms with van der Waals surface area (Å²) in [5, 5.41) is 0.856. The molecule has 0 aliphatic carbocycles. The minimum absolute atomic E-state index is 0.0504. The lowest BCUT2D eigenvalue weighted by molar-refractivity contribution is 0.397. The predicted octanol–water partition coefficient (Wildman–Crippen LogP) is 3.83. The van der Waals surface area contributed by atoms with Crippen LogP contribution >= 0.6 is 11.8 Å². The molecule has 3 rings (SSSR count). The number of thioether (sulfide) groups is 1. The van der Waals surface area contributed by atoms with Gasteiger partial charge in [0, 0.05) is 18.3 Å². The van der Waals surface area contributed by atoms with Crippen molar-refractivity contribution in [1.29, 1.82) is 0 Å². The summed E-state index contributed by atoms with van der Waals surface area (Å²) in [6, 6.07) is 7.83. The summed E-state index contributed by atoms with van der Waals surface area (Å²) in [7, 11) is 1.66. The first-order chi connectivity index (χ1) is 13.0. The number of benzene rings is 1. The summed E-state index contributed by atoms with van der Waals surface area (Å²) in [6.07, 6.45) is 2.24. The number of nitrogens with zero attached hydrogens (tertiary/aromatic N) is 2. The van der Waals surface area contributed by atoms with E-state index in [0.29, 0.717) is 13.0 Å². The second-order valence-electron chi connectivity index (χ2n) is 7.07. The summed E-state index contributed by atoms with van der Waals surface area (Å²) in [6.45, 7) is 6.68. The Labute approximate surface area is 164 Å². The van der Waals surface area contributed by atoms with E-state index < -0.39 is 0 Å². The second-order valence-corrected chi connectivity index (χ2v) is 8.08. The lowest BCUT2D eigenvalue weighted by Crippen LogP contribution is -2.44. The quantitative estimate of drug-likeness (QED) is 0.677. The molecule has 1 unspecified atom stereocenters. The zero-order valence-electron chi connectivity index (χ0n) is 16.5. The number of methoxy groups -OCH3 is 1. The van der Waals surface area contributed by atoms with Crippen molar-refractivity contribution in [2.24, 2.45) is 0 Å². The fourth-order valence-corrected chi connectivity index (χ4v) is 5.19. The van der Waals surface area contributed by atoms with Gasteiger partial charge in [-0.05, 0) is 36.8 Å². The van der Waals surface area contributed by atoms with Crippen LogP contribution in [-0.2, 0) is 13.0 Å². The van der Waals surface area contributed by atoms with Crippen LogP contribution in [0.15, 0.2) is 38.9 Å². The molecular formula is C21H28N2O3S. The Kier molecular flexibility index (Phi) is 6.15. The van der Waals surface area contributed by atoms with Crippen molar-refractivity contribution >= 4 is 11.8 Å². The Morgan fingerprint density at radius 1 is 1.22 bits per heavy atom. The normalized spacial score (nSPS) is 16.0. The standard InChI is InChI=1S/C21H28N2O3S/c1-5-16(6-2)23-19(24)18-14(3)13-27-20(18)22(21(23)25)12-11-15-9-7-8-10-17(15)26-4/h7-10,14,16H,5-6,11-13H2,1-4H3. The molecule has 0 spiro atoms. The van der Waals surface area contributed by atoms with E-state index >= 15 is 0 Å². The van der Waals surface area contributed by atoms with Crippen LogP contribution in [0.5, 0.6) is 5.75 Å². The predicted molar refractivity (Wildman–Crippen MR) is 110 cm³/mol. The molecule has 0 saturated heterocycles. The summed E-state index contributed by atoms with van der Waals surface area (Å²) < 4.78 is 8.76. The molecule has 146 valence electrons.